The maximum Gasteiger partial charge on any atom is 0.332 e. The number of nitrogens with zero attached hydrogens (tertiary/aromatic N) is 6. The quantitative estimate of drug-likeness (QED) is 0.389. The van der Waals surface area contributed by atoms with Crippen molar-refractivity contribution < 1.29 is 4.79 Å². The first-order chi connectivity index (χ1) is 14.4. The van der Waals surface area contributed by atoms with Gasteiger partial charge in [0.25, 0.3) is 11.1 Å². The molecule has 0 atom stereocenters. The maximum atomic E-state index is 13.1. The van der Waals surface area contributed by atoms with Crippen molar-refractivity contribution in [3.8, 4) is 0 Å². The number of rotatable bonds is 5. The molecule has 0 aliphatic carbocycles. The number of aryl methyl sites for hydroxylation is 1. The van der Waals surface area contributed by atoms with E-state index in [-0.39, 0.29) is 40.3 Å². The predicted molar refractivity (Wildman–Crippen MR) is 115 cm³/mol. The Morgan fingerprint density at radius 1 is 0.968 bits per heavy atom. The normalized spacial score (nSPS) is 11.6. The average Bonchev–Trinajstić information content (AvgIpc) is 3.02. The Balaban J connectivity index is 2.23. The van der Waals surface area contributed by atoms with Crippen molar-refractivity contribution in [2.24, 2.45) is 27.1 Å². The Morgan fingerprint density at radius 2 is 1.55 bits per heavy atom. The van der Waals surface area contributed by atoms with Crippen LogP contribution in [0.5, 0.6) is 0 Å². The number of anilines is 1. The van der Waals surface area contributed by atoms with Crippen LogP contribution in [0.15, 0.2) is 19.2 Å². The summed E-state index contributed by atoms with van der Waals surface area (Å²) in [5.41, 5.74) is 2.78. The number of imidazole rings is 1. The molecule has 12 nitrogen and oxygen atoms in total. The van der Waals surface area contributed by atoms with Crippen molar-refractivity contribution in [1.82, 2.24) is 27.8 Å². The van der Waals surface area contributed by atoms with Gasteiger partial charge in [-0.15, -0.1) is 0 Å². The number of aromatic nitrogens is 6. The number of hydrogen-bond donors (Lipinski definition) is 1. The van der Waals surface area contributed by atoms with Gasteiger partial charge in [-0.1, -0.05) is 13.8 Å². The Labute approximate surface area is 179 Å². The van der Waals surface area contributed by atoms with E-state index in [0.717, 1.165) is 22.8 Å². The van der Waals surface area contributed by atoms with Crippen molar-refractivity contribution in [1.29, 1.82) is 0 Å². The van der Waals surface area contributed by atoms with E-state index in [1.165, 1.54) is 21.1 Å². The fourth-order valence-corrected chi connectivity index (χ4v) is 3.60. The van der Waals surface area contributed by atoms with Gasteiger partial charge in [0.15, 0.2) is 16.9 Å². The van der Waals surface area contributed by atoms with Gasteiger partial charge in [-0.3, -0.25) is 32.7 Å². The Hall–Kier alpha value is -3.41. The lowest BCUT2D eigenvalue weighted by Crippen LogP contribution is -2.43. The van der Waals surface area contributed by atoms with E-state index < -0.39 is 34.8 Å². The van der Waals surface area contributed by atoms with Crippen LogP contribution < -0.4 is 28.2 Å². The molecule has 0 radical (unpaired) electrons. The van der Waals surface area contributed by atoms with Gasteiger partial charge in [0.05, 0.1) is 6.54 Å². The van der Waals surface area contributed by atoms with Crippen molar-refractivity contribution in [2.75, 3.05) is 5.73 Å². The highest BCUT2D eigenvalue weighted by atomic mass is 35.5. The van der Waals surface area contributed by atoms with Gasteiger partial charge >= 0.3 is 11.4 Å². The second-order valence-electron chi connectivity index (χ2n) is 7.68. The average molecular weight is 452 g/mol. The third-order valence-electron chi connectivity index (χ3n) is 5.01. The number of ketones is 1. The molecule has 0 aromatic carbocycles. The zero-order valence-corrected chi connectivity index (χ0v) is 18.4. The highest BCUT2D eigenvalue weighted by molar-refractivity contribution is 6.29. The molecule has 0 bridgehead atoms. The minimum Gasteiger partial charge on any atom is -0.384 e. The van der Waals surface area contributed by atoms with E-state index in [2.05, 4.69) is 4.98 Å². The molecule has 3 aromatic heterocycles. The molecular formula is C18H22ClN7O5. The largest absolute Gasteiger partial charge is 0.384 e. The van der Waals surface area contributed by atoms with Crippen molar-refractivity contribution in [3.63, 3.8) is 0 Å². The zero-order chi connectivity index (χ0) is 23.4. The molecule has 0 amide bonds. The molecule has 31 heavy (non-hydrogen) atoms. The monoisotopic (exact) mass is 451 g/mol. The van der Waals surface area contributed by atoms with E-state index in [1.807, 2.05) is 13.8 Å². The van der Waals surface area contributed by atoms with Crippen LogP contribution in [0.4, 0.5) is 5.82 Å². The number of halogens is 1. The smallest absolute Gasteiger partial charge is 0.332 e. The van der Waals surface area contributed by atoms with Crippen LogP contribution in [0.3, 0.4) is 0 Å². The van der Waals surface area contributed by atoms with Crippen LogP contribution in [0.25, 0.3) is 11.2 Å². The van der Waals surface area contributed by atoms with Crippen LogP contribution in [0.2, 0.25) is 5.28 Å². The number of fused-ring (bicyclic) bond motifs is 1. The predicted octanol–water partition coefficient (Wildman–Crippen LogP) is -0.931. The fraction of sp³-hybridized carbons (Fsp3) is 0.444. The Bertz CT molecular complexity index is 1470. The van der Waals surface area contributed by atoms with E-state index >= 15 is 0 Å². The van der Waals surface area contributed by atoms with E-state index in [4.69, 9.17) is 17.3 Å². The molecule has 3 rings (SSSR count). The van der Waals surface area contributed by atoms with Crippen LogP contribution >= 0.6 is 11.6 Å². The molecule has 3 aromatic rings. The second-order valence-corrected chi connectivity index (χ2v) is 8.02. The highest BCUT2D eigenvalue weighted by Gasteiger charge is 2.25. The van der Waals surface area contributed by atoms with Crippen LogP contribution in [-0.2, 0) is 34.2 Å². The molecule has 0 unspecified atom stereocenters. The lowest BCUT2D eigenvalue weighted by atomic mass is 10.1. The lowest BCUT2D eigenvalue weighted by Gasteiger charge is -2.16. The minimum absolute atomic E-state index is 0.00319. The maximum absolute atomic E-state index is 13.1. The summed E-state index contributed by atoms with van der Waals surface area (Å²) in [5, 5.41) is -0.215. The summed E-state index contributed by atoms with van der Waals surface area (Å²) in [6, 6.07) is 0. The summed E-state index contributed by atoms with van der Waals surface area (Å²) in [6.07, 6.45) is 0. The first-order valence-electron chi connectivity index (χ1n) is 9.32. The first-order valence-corrected chi connectivity index (χ1v) is 9.70. The second kappa shape index (κ2) is 7.69. The number of hydrogen-bond acceptors (Lipinski definition) is 7. The van der Waals surface area contributed by atoms with Gasteiger partial charge in [-0.2, -0.15) is 4.98 Å². The molecule has 2 N–H and O–H groups in total. The summed E-state index contributed by atoms with van der Waals surface area (Å²) in [6.45, 7) is 3.38. The van der Waals surface area contributed by atoms with Gasteiger partial charge in [0.1, 0.15) is 11.4 Å². The molecule has 0 spiro atoms. The molecule has 0 saturated heterocycles. The summed E-state index contributed by atoms with van der Waals surface area (Å²) >= 11 is 6.15. The summed E-state index contributed by atoms with van der Waals surface area (Å²) in [4.78, 5) is 67.0. The number of carbonyl (C=O) groups excluding carboxylic acids is 1. The SMILES string of the molecule is CC(C)Cn1c(N)c(C(=O)Cn2c(Cl)nc3c2c(=O)n(C)c(=O)n3C)c(=O)n(C)c1=O. The van der Waals surface area contributed by atoms with E-state index in [0.29, 0.717) is 0 Å². The molecule has 3 heterocycles. The lowest BCUT2D eigenvalue weighted by molar-refractivity contribution is 0.0971. The number of carbonyl (C=O) groups is 1. The van der Waals surface area contributed by atoms with Crippen LogP contribution in [0.1, 0.15) is 24.2 Å². The van der Waals surface area contributed by atoms with Crippen LogP contribution in [-0.4, -0.2) is 33.6 Å². The van der Waals surface area contributed by atoms with Crippen LogP contribution in [0, 0.1) is 5.92 Å². The van der Waals surface area contributed by atoms with E-state index in [1.54, 1.807) is 0 Å². The molecule has 13 heteroatoms. The van der Waals surface area contributed by atoms with Crippen molar-refractivity contribution in [3.05, 3.63) is 52.5 Å². The molecule has 0 saturated carbocycles. The molecular weight excluding hydrogens is 430 g/mol. The number of nitrogen functional groups attached to an aromatic ring is 1. The van der Waals surface area contributed by atoms with E-state index in [9.17, 15) is 24.0 Å². The minimum atomic E-state index is -0.853. The molecule has 0 aliphatic rings. The summed E-state index contributed by atoms with van der Waals surface area (Å²) < 4.78 is 5.06. The van der Waals surface area contributed by atoms with Gasteiger partial charge in [0, 0.05) is 27.7 Å². The number of nitrogens with two attached hydrogens (primary N) is 1. The summed E-state index contributed by atoms with van der Waals surface area (Å²) in [7, 11) is 3.95. The van der Waals surface area contributed by atoms with Gasteiger partial charge < -0.3 is 10.3 Å². The number of Topliss-reactive ketones (excluding diaryl/α,β-unsaturated/α-hetero) is 1. The topological polar surface area (TPSA) is 149 Å². The standard InChI is InChI=1S/C18H22ClN7O5/c1-8(2)6-26-12(20)10(14(28)23(4)18(26)31)9(27)7-25-11-13(21-16(25)19)22(3)17(30)24(5)15(11)29/h8H,6-7,20H2,1-5H3. The molecule has 0 aliphatic heterocycles. The van der Waals surface area contributed by atoms with Gasteiger partial charge in [-0.25, -0.2) is 9.59 Å². The van der Waals surface area contributed by atoms with Crippen molar-refractivity contribution in [2.45, 2.75) is 26.9 Å². The third kappa shape index (κ3) is 3.42. The zero-order valence-electron chi connectivity index (χ0n) is 17.7. The van der Waals surface area contributed by atoms with Gasteiger partial charge in [0.2, 0.25) is 5.28 Å². The van der Waals surface area contributed by atoms with Crippen molar-refractivity contribution >= 4 is 34.4 Å². The fourth-order valence-electron chi connectivity index (χ4n) is 3.37. The molecule has 0 fully saturated rings. The highest BCUT2D eigenvalue weighted by Crippen LogP contribution is 2.17. The summed E-state index contributed by atoms with van der Waals surface area (Å²) in [5.74, 6) is -0.989. The van der Waals surface area contributed by atoms with Gasteiger partial charge in [-0.05, 0) is 17.5 Å². The first kappa shape index (κ1) is 22.3. The third-order valence-corrected chi connectivity index (χ3v) is 5.30. The molecule has 166 valence electrons. The Morgan fingerprint density at radius 3 is 2.13 bits per heavy atom. The Kier molecular flexibility index (Phi) is 5.53.